The van der Waals surface area contributed by atoms with Crippen molar-refractivity contribution in [3.63, 3.8) is 0 Å². The van der Waals surface area contributed by atoms with E-state index in [0.29, 0.717) is 0 Å². The second-order valence-corrected chi connectivity index (χ2v) is 4.43. The van der Waals surface area contributed by atoms with Crippen LogP contribution in [0.15, 0.2) is 60.9 Å². The van der Waals surface area contributed by atoms with Gasteiger partial charge in [-0.05, 0) is 24.3 Å². The van der Waals surface area contributed by atoms with Crippen molar-refractivity contribution in [2.24, 2.45) is 0 Å². The molecule has 2 aromatic carbocycles. The Bertz CT molecular complexity index is 777. The molecule has 0 saturated heterocycles. The SMILES string of the molecule is O=C(c1cnn(-c2ccccc2)c1)c1c(F)cccc1F. The van der Waals surface area contributed by atoms with E-state index in [1.54, 1.807) is 0 Å². The Balaban J connectivity index is 1.99. The van der Waals surface area contributed by atoms with Crippen molar-refractivity contribution in [2.45, 2.75) is 0 Å². The number of para-hydroxylation sites is 1. The lowest BCUT2D eigenvalue weighted by molar-refractivity contribution is 0.103. The van der Waals surface area contributed by atoms with Gasteiger partial charge in [0.25, 0.3) is 0 Å². The fourth-order valence-corrected chi connectivity index (χ4v) is 2.02. The van der Waals surface area contributed by atoms with E-state index in [1.165, 1.54) is 23.1 Å². The first kappa shape index (κ1) is 13.2. The van der Waals surface area contributed by atoms with Crippen LogP contribution in [0.1, 0.15) is 15.9 Å². The second-order valence-electron chi connectivity index (χ2n) is 4.43. The summed E-state index contributed by atoms with van der Waals surface area (Å²) in [5.74, 6) is -2.49. The fourth-order valence-electron chi connectivity index (χ4n) is 2.02. The van der Waals surface area contributed by atoms with Crippen LogP contribution in [0.4, 0.5) is 8.78 Å². The van der Waals surface area contributed by atoms with Gasteiger partial charge in [0, 0.05) is 6.20 Å². The molecular formula is C16H10F2N2O. The molecule has 104 valence electrons. The van der Waals surface area contributed by atoms with E-state index in [1.807, 2.05) is 30.3 Å². The van der Waals surface area contributed by atoms with E-state index >= 15 is 0 Å². The number of ketones is 1. The molecule has 0 saturated carbocycles. The van der Waals surface area contributed by atoms with Gasteiger partial charge >= 0.3 is 0 Å². The summed E-state index contributed by atoms with van der Waals surface area (Å²) in [6, 6.07) is 12.5. The molecule has 0 N–H and O–H groups in total. The summed E-state index contributed by atoms with van der Waals surface area (Å²) in [6.07, 6.45) is 2.74. The third-order valence-electron chi connectivity index (χ3n) is 3.06. The van der Waals surface area contributed by atoms with E-state index in [0.717, 1.165) is 17.8 Å². The van der Waals surface area contributed by atoms with Crippen molar-refractivity contribution >= 4 is 5.78 Å². The summed E-state index contributed by atoms with van der Waals surface area (Å²) in [5.41, 5.74) is 0.318. The lowest BCUT2D eigenvalue weighted by Gasteiger charge is -2.02. The number of nitrogens with zero attached hydrogens (tertiary/aromatic N) is 2. The van der Waals surface area contributed by atoms with Crippen LogP contribution in [0.2, 0.25) is 0 Å². The molecule has 0 amide bonds. The van der Waals surface area contributed by atoms with Gasteiger partial charge in [-0.15, -0.1) is 0 Å². The summed E-state index contributed by atoms with van der Waals surface area (Å²) >= 11 is 0. The number of halogens is 2. The number of hydrogen-bond acceptors (Lipinski definition) is 2. The van der Waals surface area contributed by atoms with Crippen LogP contribution in [-0.4, -0.2) is 15.6 Å². The second kappa shape index (κ2) is 5.28. The zero-order valence-electron chi connectivity index (χ0n) is 10.8. The minimum atomic E-state index is -0.882. The molecule has 0 aliphatic heterocycles. The molecule has 0 atom stereocenters. The Kier molecular flexibility index (Phi) is 3.31. The molecule has 3 nitrogen and oxygen atoms in total. The zero-order chi connectivity index (χ0) is 14.8. The maximum Gasteiger partial charge on any atom is 0.202 e. The number of carbonyl (C=O) groups excluding carboxylic acids is 1. The Hall–Kier alpha value is -2.82. The quantitative estimate of drug-likeness (QED) is 0.691. The molecule has 0 fully saturated rings. The molecule has 0 aliphatic rings. The Morgan fingerprint density at radius 3 is 2.29 bits per heavy atom. The zero-order valence-corrected chi connectivity index (χ0v) is 10.8. The minimum Gasteiger partial charge on any atom is -0.288 e. The van der Waals surface area contributed by atoms with Crippen LogP contribution in [-0.2, 0) is 0 Å². The van der Waals surface area contributed by atoms with Crippen LogP contribution in [0.25, 0.3) is 5.69 Å². The van der Waals surface area contributed by atoms with Crippen LogP contribution in [0, 0.1) is 11.6 Å². The summed E-state index contributed by atoms with van der Waals surface area (Å²) in [7, 11) is 0. The first-order chi connectivity index (χ1) is 10.2. The van der Waals surface area contributed by atoms with E-state index in [4.69, 9.17) is 0 Å². The van der Waals surface area contributed by atoms with Gasteiger partial charge in [-0.2, -0.15) is 5.10 Å². The molecule has 1 heterocycles. The van der Waals surface area contributed by atoms with Gasteiger partial charge in [-0.1, -0.05) is 24.3 Å². The summed E-state index contributed by atoms with van der Waals surface area (Å²) in [4.78, 5) is 12.2. The molecule has 0 aliphatic carbocycles. The van der Waals surface area contributed by atoms with Crippen molar-refractivity contribution in [1.82, 2.24) is 9.78 Å². The van der Waals surface area contributed by atoms with Crippen LogP contribution >= 0.6 is 0 Å². The number of benzene rings is 2. The number of rotatable bonds is 3. The first-order valence-corrected chi connectivity index (χ1v) is 6.25. The van der Waals surface area contributed by atoms with Crippen LogP contribution in [0.3, 0.4) is 0 Å². The van der Waals surface area contributed by atoms with Crippen molar-refractivity contribution in [2.75, 3.05) is 0 Å². The van der Waals surface area contributed by atoms with Crippen LogP contribution in [0.5, 0.6) is 0 Å². The van der Waals surface area contributed by atoms with Crippen molar-refractivity contribution in [1.29, 1.82) is 0 Å². The summed E-state index contributed by atoms with van der Waals surface area (Å²) in [5, 5.41) is 4.04. The molecule has 3 rings (SSSR count). The maximum absolute atomic E-state index is 13.6. The summed E-state index contributed by atoms with van der Waals surface area (Å²) in [6.45, 7) is 0. The Labute approximate surface area is 119 Å². The largest absolute Gasteiger partial charge is 0.288 e. The fraction of sp³-hybridized carbons (Fsp3) is 0. The van der Waals surface area contributed by atoms with Crippen molar-refractivity contribution < 1.29 is 13.6 Å². The molecule has 3 aromatic rings. The molecule has 21 heavy (non-hydrogen) atoms. The standard InChI is InChI=1S/C16H10F2N2O/c17-13-7-4-8-14(18)15(13)16(21)11-9-19-20(10-11)12-5-2-1-3-6-12/h1-10H. The summed E-state index contributed by atoms with van der Waals surface area (Å²) < 4.78 is 28.7. The molecule has 0 spiro atoms. The normalized spacial score (nSPS) is 10.6. The lowest BCUT2D eigenvalue weighted by Crippen LogP contribution is -2.06. The van der Waals surface area contributed by atoms with E-state index in [9.17, 15) is 13.6 Å². The van der Waals surface area contributed by atoms with Gasteiger partial charge in [0.15, 0.2) is 0 Å². The van der Waals surface area contributed by atoms with Gasteiger partial charge in [-0.3, -0.25) is 4.79 Å². The van der Waals surface area contributed by atoms with E-state index in [2.05, 4.69) is 5.10 Å². The molecule has 0 radical (unpaired) electrons. The highest BCUT2D eigenvalue weighted by molar-refractivity contribution is 6.09. The predicted octanol–water partition coefficient (Wildman–Crippen LogP) is 3.38. The Morgan fingerprint density at radius 2 is 1.62 bits per heavy atom. The molecular weight excluding hydrogens is 274 g/mol. The average Bonchev–Trinajstić information content (AvgIpc) is 2.97. The number of carbonyl (C=O) groups is 1. The third-order valence-corrected chi connectivity index (χ3v) is 3.06. The van der Waals surface area contributed by atoms with Gasteiger partial charge in [0.1, 0.15) is 11.6 Å². The predicted molar refractivity (Wildman–Crippen MR) is 73.4 cm³/mol. The maximum atomic E-state index is 13.6. The minimum absolute atomic E-state index is 0.128. The topological polar surface area (TPSA) is 34.9 Å². The van der Waals surface area contributed by atoms with E-state index < -0.39 is 23.0 Å². The molecule has 0 bridgehead atoms. The first-order valence-electron chi connectivity index (χ1n) is 6.25. The monoisotopic (exact) mass is 284 g/mol. The molecule has 0 unspecified atom stereocenters. The average molecular weight is 284 g/mol. The van der Waals surface area contributed by atoms with Gasteiger partial charge in [-0.25, -0.2) is 13.5 Å². The smallest absolute Gasteiger partial charge is 0.202 e. The highest BCUT2D eigenvalue weighted by Crippen LogP contribution is 2.17. The van der Waals surface area contributed by atoms with E-state index in [-0.39, 0.29) is 5.56 Å². The number of hydrogen-bond donors (Lipinski definition) is 0. The van der Waals surface area contributed by atoms with Gasteiger partial charge in [0.05, 0.1) is 23.0 Å². The van der Waals surface area contributed by atoms with Crippen molar-refractivity contribution in [3.05, 3.63) is 83.7 Å². The molecule has 1 aromatic heterocycles. The van der Waals surface area contributed by atoms with Gasteiger partial charge < -0.3 is 0 Å². The van der Waals surface area contributed by atoms with Crippen LogP contribution < -0.4 is 0 Å². The number of aromatic nitrogens is 2. The van der Waals surface area contributed by atoms with Crippen molar-refractivity contribution in [3.8, 4) is 5.69 Å². The highest BCUT2D eigenvalue weighted by atomic mass is 19.1. The lowest BCUT2D eigenvalue weighted by atomic mass is 10.1. The Morgan fingerprint density at radius 1 is 0.952 bits per heavy atom. The third kappa shape index (κ3) is 2.45. The molecule has 5 heteroatoms. The van der Waals surface area contributed by atoms with Gasteiger partial charge in [0.2, 0.25) is 5.78 Å². The highest BCUT2D eigenvalue weighted by Gasteiger charge is 2.20.